The molecule has 3 aromatic rings. The van der Waals surface area contributed by atoms with E-state index in [0.29, 0.717) is 11.5 Å². The second-order valence-electron chi connectivity index (χ2n) is 4.80. The highest BCUT2D eigenvalue weighted by Crippen LogP contribution is 2.31. The molecule has 3 rings (SSSR count). The number of alkyl halides is 3. The molecule has 0 N–H and O–H groups in total. The number of hydrogen-bond donors (Lipinski definition) is 0. The van der Waals surface area contributed by atoms with E-state index in [9.17, 15) is 13.2 Å². The summed E-state index contributed by atoms with van der Waals surface area (Å²) in [5.74, 6) is 0.528. The maximum Gasteiger partial charge on any atom is 0.416 e. The third-order valence-electron chi connectivity index (χ3n) is 3.26. The van der Waals surface area contributed by atoms with Crippen LogP contribution in [0.25, 0.3) is 22.9 Å². The zero-order valence-electron chi connectivity index (χ0n) is 11.6. The highest BCUT2D eigenvalue weighted by molar-refractivity contribution is 5.60. The number of nitrogens with zero attached hydrogens (tertiary/aromatic N) is 2. The average molecular weight is 304 g/mol. The number of aryl methyl sites for hydroxylation is 1. The predicted octanol–water partition coefficient (Wildman–Crippen LogP) is 4.73. The number of rotatable bonds is 2. The standard InChI is InChI=1S/C16H11F3N2O/c1-10-4-2-3-5-13(10)15-21-20-14(22-15)11-6-8-12(9-7-11)16(17,18)19/h2-9H,1H3. The van der Waals surface area contributed by atoms with E-state index in [1.165, 1.54) is 12.1 Å². The van der Waals surface area contributed by atoms with Crippen molar-refractivity contribution in [3.63, 3.8) is 0 Å². The Labute approximate surface area is 124 Å². The van der Waals surface area contributed by atoms with Gasteiger partial charge in [-0.2, -0.15) is 13.2 Å². The number of halogens is 3. The molecule has 2 aromatic carbocycles. The molecule has 0 bridgehead atoms. The van der Waals surface area contributed by atoms with Crippen LogP contribution in [0, 0.1) is 6.92 Å². The quantitative estimate of drug-likeness (QED) is 0.687. The monoisotopic (exact) mass is 304 g/mol. The van der Waals surface area contributed by atoms with Crippen LogP contribution in [0.15, 0.2) is 52.9 Å². The Kier molecular flexibility index (Phi) is 3.44. The number of hydrogen-bond acceptors (Lipinski definition) is 3. The fraction of sp³-hybridized carbons (Fsp3) is 0.125. The molecular formula is C16H11F3N2O. The van der Waals surface area contributed by atoms with Crippen molar-refractivity contribution in [3.8, 4) is 22.9 Å². The molecular weight excluding hydrogens is 293 g/mol. The van der Waals surface area contributed by atoms with Gasteiger partial charge >= 0.3 is 6.18 Å². The van der Waals surface area contributed by atoms with E-state index >= 15 is 0 Å². The molecule has 0 radical (unpaired) electrons. The van der Waals surface area contributed by atoms with Crippen LogP contribution in [0.4, 0.5) is 13.2 Å². The van der Waals surface area contributed by atoms with Crippen LogP contribution in [0.3, 0.4) is 0 Å². The molecule has 112 valence electrons. The largest absolute Gasteiger partial charge is 0.416 e. The third kappa shape index (κ3) is 2.72. The van der Waals surface area contributed by atoms with Gasteiger partial charge in [0.25, 0.3) is 0 Å². The summed E-state index contributed by atoms with van der Waals surface area (Å²) in [4.78, 5) is 0. The molecule has 3 nitrogen and oxygen atoms in total. The van der Waals surface area contributed by atoms with Crippen molar-refractivity contribution >= 4 is 0 Å². The molecule has 1 aromatic heterocycles. The van der Waals surface area contributed by atoms with Crippen molar-refractivity contribution in [2.45, 2.75) is 13.1 Å². The zero-order valence-corrected chi connectivity index (χ0v) is 11.6. The van der Waals surface area contributed by atoms with Crippen molar-refractivity contribution in [1.82, 2.24) is 10.2 Å². The number of aromatic nitrogens is 2. The Morgan fingerprint density at radius 1 is 0.864 bits per heavy atom. The van der Waals surface area contributed by atoms with Gasteiger partial charge in [0.15, 0.2) is 0 Å². The third-order valence-corrected chi connectivity index (χ3v) is 3.26. The molecule has 0 amide bonds. The molecule has 0 aliphatic carbocycles. The SMILES string of the molecule is Cc1ccccc1-c1nnc(-c2ccc(C(F)(F)F)cc2)o1. The van der Waals surface area contributed by atoms with Crippen LogP contribution >= 0.6 is 0 Å². The van der Waals surface area contributed by atoms with E-state index in [4.69, 9.17) is 4.42 Å². The first-order valence-electron chi connectivity index (χ1n) is 6.52. The van der Waals surface area contributed by atoms with Crippen molar-refractivity contribution < 1.29 is 17.6 Å². The fourth-order valence-electron chi connectivity index (χ4n) is 2.06. The van der Waals surface area contributed by atoms with Crippen LogP contribution in [-0.2, 0) is 6.18 Å². The van der Waals surface area contributed by atoms with Crippen LogP contribution < -0.4 is 0 Å². The van der Waals surface area contributed by atoms with Crippen molar-refractivity contribution in [3.05, 3.63) is 59.7 Å². The van der Waals surface area contributed by atoms with Gasteiger partial charge in [-0.3, -0.25) is 0 Å². The smallest absolute Gasteiger partial charge is 0.416 e. The van der Waals surface area contributed by atoms with Gasteiger partial charge in [-0.05, 0) is 42.8 Å². The zero-order chi connectivity index (χ0) is 15.7. The van der Waals surface area contributed by atoms with Gasteiger partial charge in [0.05, 0.1) is 5.56 Å². The van der Waals surface area contributed by atoms with Crippen molar-refractivity contribution in [2.75, 3.05) is 0 Å². The fourth-order valence-corrected chi connectivity index (χ4v) is 2.06. The second-order valence-corrected chi connectivity index (χ2v) is 4.80. The summed E-state index contributed by atoms with van der Waals surface area (Å²) in [7, 11) is 0. The van der Waals surface area contributed by atoms with E-state index < -0.39 is 11.7 Å². The summed E-state index contributed by atoms with van der Waals surface area (Å²) in [5, 5.41) is 7.85. The van der Waals surface area contributed by atoms with E-state index in [1.807, 2.05) is 31.2 Å². The molecule has 0 atom stereocenters. The van der Waals surface area contributed by atoms with Crippen molar-refractivity contribution in [1.29, 1.82) is 0 Å². The van der Waals surface area contributed by atoms with Gasteiger partial charge in [-0.25, -0.2) is 0 Å². The lowest BCUT2D eigenvalue weighted by atomic mass is 10.1. The molecule has 22 heavy (non-hydrogen) atoms. The Bertz CT molecular complexity index is 792. The van der Waals surface area contributed by atoms with E-state index in [0.717, 1.165) is 23.3 Å². The summed E-state index contributed by atoms with van der Waals surface area (Å²) in [6.07, 6.45) is -4.36. The highest BCUT2D eigenvalue weighted by atomic mass is 19.4. The summed E-state index contributed by atoms with van der Waals surface area (Å²) in [6, 6.07) is 12.1. The predicted molar refractivity (Wildman–Crippen MR) is 74.9 cm³/mol. The summed E-state index contributed by atoms with van der Waals surface area (Å²) < 4.78 is 43.2. The van der Waals surface area contributed by atoms with Crippen LogP contribution in [0.2, 0.25) is 0 Å². The average Bonchev–Trinajstić information content (AvgIpc) is 2.96. The minimum absolute atomic E-state index is 0.187. The minimum Gasteiger partial charge on any atom is -0.416 e. The van der Waals surface area contributed by atoms with E-state index in [-0.39, 0.29) is 5.89 Å². The Morgan fingerprint density at radius 3 is 2.14 bits per heavy atom. The first kappa shape index (κ1) is 14.3. The lowest BCUT2D eigenvalue weighted by molar-refractivity contribution is -0.137. The van der Waals surface area contributed by atoms with E-state index in [1.54, 1.807) is 0 Å². The normalized spacial score (nSPS) is 11.6. The van der Waals surface area contributed by atoms with Crippen molar-refractivity contribution in [2.24, 2.45) is 0 Å². The molecule has 1 heterocycles. The maximum absolute atomic E-state index is 12.5. The molecule has 0 saturated carbocycles. The molecule has 0 fully saturated rings. The molecule has 0 spiro atoms. The van der Waals surface area contributed by atoms with Gasteiger partial charge in [0.1, 0.15) is 0 Å². The van der Waals surface area contributed by atoms with Crippen LogP contribution in [0.1, 0.15) is 11.1 Å². The summed E-state index contributed by atoms with van der Waals surface area (Å²) in [6.45, 7) is 1.91. The van der Waals surface area contributed by atoms with Gasteiger partial charge in [-0.1, -0.05) is 18.2 Å². The first-order valence-corrected chi connectivity index (χ1v) is 6.52. The first-order chi connectivity index (χ1) is 10.4. The topological polar surface area (TPSA) is 38.9 Å². The minimum atomic E-state index is -4.36. The molecule has 0 aliphatic heterocycles. The molecule has 0 aliphatic rings. The summed E-state index contributed by atoms with van der Waals surface area (Å²) in [5.41, 5.74) is 1.51. The second kappa shape index (κ2) is 5.29. The molecule has 0 saturated heterocycles. The summed E-state index contributed by atoms with van der Waals surface area (Å²) >= 11 is 0. The van der Waals surface area contributed by atoms with Crippen LogP contribution in [-0.4, -0.2) is 10.2 Å². The van der Waals surface area contributed by atoms with Gasteiger partial charge in [0, 0.05) is 11.1 Å². The Hall–Kier alpha value is -2.63. The van der Waals surface area contributed by atoms with Gasteiger partial charge in [0.2, 0.25) is 11.8 Å². The van der Waals surface area contributed by atoms with E-state index in [2.05, 4.69) is 10.2 Å². The molecule has 6 heteroatoms. The number of benzene rings is 2. The lowest BCUT2D eigenvalue weighted by Gasteiger charge is -2.05. The van der Waals surface area contributed by atoms with Gasteiger partial charge in [-0.15, -0.1) is 10.2 Å². The highest BCUT2D eigenvalue weighted by Gasteiger charge is 2.30. The Morgan fingerprint density at radius 2 is 1.50 bits per heavy atom. The van der Waals surface area contributed by atoms with Gasteiger partial charge < -0.3 is 4.42 Å². The maximum atomic E-state index is 12.5. The molecule has 0 unspecified atom stereocenters. The lowest BCUT2D eigenvalue weighted by Crippen LogP contribution is -2.03. The van der Waals surface area contributed by atoms with Crippen LogP contribution in [0.5, 0.6) is 0 Å². The Balaban J connectivity index is 1.93.